The Morgan fingerprint density at radius 1 is 1.62 bits per heavy atom. The molecule has 0 saturated carbocycles. The Morgan fingerprint density at radius 2 is 2.25 bits per heavy atom. The Labute approximate surface area is 90.4 Å². The van der Waals surface area contributed by atoms with Crippen molar-refractivity contribution in [1.82, 2.24) is 4.98 Å². The number of halogens is 2. The lowest BCUT2D eigenvalue weighted by atomic mass is 10.1. The Morgan fingerprint density at radius 3 is 2.69 bits per heavy atom. The van der Waals surface area contributed by atoms with Gasteiger partial charge < -0.3 is 16.2 Å². The van der Waals surface area contributed by atoms with E-state index in [2.05, 4.69) is 9.72 Å². The van der Waals surface area contributed by atoms with Gasteiger partial charge in [-0.25, -0.2) is 18.6 Å². The van der Waals surface area contributed by atoms with Crippen molar-refractivity contribution < 1.29 is 18.3 Å². The number of esters is 1. The van der Waals surface area contributed by atoms with Gasteiger partial charge in [0.25, 0.3) is 6.43 Å². The number of hydrogen-bond acceptors (Lipinski definition) is 5. The molecular formula is C9H11F2N3O2. The zero-order chi connectivity index (χ0) is 12.3. The zero-order valence-corrected chi connectivity index (χ0v) is 8.54. The number of methoxy groups -OCH3 is 1. The molecule has 88 valence electrons. The van der Waals surface area contributed by atoms with Gasteiger partial charge in [0.05, 0.1) is 24.1 Å². The summed E-state index contributed by atoms with van der Waals surface area (Å²) in [6, 6.07) is 1.10. The van der Waals surface area contributed by atoms with Gasteiger partial charge in [0.1, 0.15) is 5.69 Å². The fourth-order valence-electron chi connectivity index (χ4n) is 1.20. The second kappa shape index (κ2) is 4.84. The van der Waals surface area contributed by atoms with E-state index in [1.54, 1.807) is 0 Å². The van der Waals surface area contributed by atoms with Crippen LogP contribution in [0.15, 0.2) is 6.07 Å². The van der Waals surface area contributed by atoms with E-state index in [1.807, 2.05) is 0 Å². The molecule has 16 heavy (non-hydrogen) atoms. The molecule has 1 heterocycles. The molecule has 0 spiro atoms. The quantitative estimate of drug-likeness (QED) is 0.752. The van der Waals surface area contributed by atoms with Gasteiger partial charge >= 0.3 is 5.97 Å². The monoisotopic (exact) mass is 231 g/mol. The summed E-state index contributed by atoms with van der Waals surface area (Å²) in [6.07, 6.45) is -2.81. The van der Waals surface area contributed by atoms with Crippen LogP contribution in [-0.2, 0) is 11.3 Å². The first-order chi connectivity index (χ1) is 7.51. The van der Waals surface area contributed by atoms with Crippen molar-refractivity contribution in [3.05, 3.63) is 23.0 Å². The molecule has 0 amide bonds. The first-order valence-electron chi connectivity index (χ1n) is 4.37. The molecule has 0 radical (unpaired) electrons. The van der Waals surface area contributed by atoms with Crippen molar-refractivity contribution in [2.24, 2.45) is 5.73 Å². The molecule has 5 nitrogen and oxygen atoms in total. The molecule has 0 aliphatic heterocycles. The molecule has 4 N–H and O–H groups in total. The van der Waals surface area contributed by atoms with Crippen LogP contribution in [-0.4, -0.2) is 18.1 Å². The minimum atomic E-state index is -2.81. The van der Waals surface area contributed by atoms with Gasteiger partial charge in [0, 0.05) is 6.54 Å². The molecule has 0 aliphatic carbocycles. The predicted molar refractivity (Wildman–Crippen MR) is 52.8 cm³/mol. The Kier molecular flexibility index (Phi) is 3.73. The van der Waals surface area contributed by atoms with Gasteiger partial charge in [-0.05, 0) is 6.07 Å². The molecule has 0 aliphatic rings. The summed E-state index contributed by atoms with van der Waals surface area (Å²) >= 11 is 0. The van der Waals surface area contributed by atoms with Crippen LogP contribution in [0, 0.1) is 0 Å². The van der Waals surface area contributed by atoms with Crippen molar-refractivity contribution in [2.75, 3.05) is 12.8 Å². The number of aromatic nitrogens is 1. The standard InChI is InChI=1S/C9H11F2N3O2/c1-16-9(15)4-2-5(13)7(8(10)11)14-6(4)3-12/h2,8H,3,12-13H2,1H3. The van der Waals surface area contributed by atoms with Crippen LogP contribution in [0.2, 0.25) is 0 Å². The largest absolute Gasteiger partial charge is 0.465 e. The summed E-state index contributed by atoms with van der Waals surface area (Å²) < 4.78 is 29.4. The first-order valence-corrected chi connectivity index (χ1v) is 4.37. The number of ether oxygens (including phenoxy) is 1. The maximum Gasteiger partial charge on any atom is 0.339 e. The number of carbonyl (C=O) groups is 1. The molecule has 1 rings (SSSR count). The normalized spacial score (nSPS) is 10.6. The number of rotatable bonds is 3. The van der Waals surface area contributed by atoms with Crippen LogP contribution in [0.3, 0.4) is 0 Å². The van der Waals surface area contributed by atoms with E-state index in [1.165, 1.54) is 7.11 Å². The van der Waals surface area contributed by atoms with Crippen molar-refractivity contribution in [2.45, 2.75) is 13.0 Å². The Bertz CT molecular complexity index is 410. The molecule has 0 unspecified atom stereocenters. The highest BCUT2D eigenvalue weighted by molar-refractivity contribution is 5.91. The fraction of sp³-hybridized carbons (Fsp3) is 0.333. The zero-order valence-electron chi connectivity index (χ0n) is 8.54. The highest BCUT2D eigenvalue weighted by atomic mass is 19.3. The van der Waals surface area contributed by atoms with Gasteiger partial charge in [0.15, 0.2) is 0 Å². The van der Waals surface area contributed by atoms with E-state index in [-0.39, 0.29) is 23.5 Å². The summed E-state index contributed by atoms with van der Waals surface area (Å²) in [5.41, 5.74) is 9.87. The summed E-state index contributed by atoms with van der Waals surface area (Å²) in [5, 5.41) is 0. The molecule has 0 aromatic carbocycles. The van der Waals surface area contributed by atoms with Crippen LogP contribution in [0.5, 0.6) is 0 Å². The number of anilines is 1. The van der Waals surface area contributed by atoms with E-state index < -0.39 is 18.1 Å². The number of nitrogen functional groups attached to an aromatic ring is 1. The molecule has 7 heteroatoms. The van der Waals surface area contributed by atoms with Gasteiger partial charge in [-0.3, -0.25) is 0 Å². The maximum absolute atomic E-state index is 12.5. The van der Waals surface area contributed by atoms with E-state index >= 15 is 0 Å². The number of alkyl halides is 2. The second-order valence-electron chi connectivity index (χ2n) is 2.95. The summed E-state index contributed by atoms with van der Waals surface area (Å²) in [4.78, 5) is 14.8. The first kappa shape index (κ1) is 12.3. The lowest BCUT2D eigenvalue weighted by Crippen LogP contribution is -2.14. The lowest BCUT2D eigenvalue weighted by molar-refractivity contribution is 0.0598. The Balaban J connectivity index is 3.32. The maximum atomic E-state index is 12.5. The smallest absolute Gasteiger partial charge is 0.339 e. The van der Waals surface area contributed by atoms with Crippen molar-refractivity contribution in [1.29, 1.82) is 0 Å². The summed E-state index contributed by atoms with van der Waals surface area (Å²) in [5.74, 6) is -0.708. The van der Waals surface area contributed by atoms with Crippen molar-refractivity contribution in [3.63, 3.8) is 0 Å². The number of nitrogens with two attached hydrogens (primary N) is 2. The molecular weight excluding hydrogens is 220 g/mol. The van der Waals surface area contributed by atoms with Crippen LogP contribution in [0.25, 0.3) is 0 Å². The topological polar surface area (TPSA) is 91.2 Å². The molecule has 0 fully saturated rings. The number of pyridine rings is 1. The summed E-state index contributed by atoms with van der Waals surface area (Å²) in [6.45, 7) is -0.148. The van der Waals surface area contributed by atoms with Gasteiger partial charge in [0.2, 0.25) is 0 Å². The SMILES string of the molecule is COC(=O)c1cc(N)c(C(F)F)nc1CN. The highest BCUT2D eigenvalue weighted by Crippen LogP contribution is 2.25. The minimum Gasteiger partial charge on any atom is -0.465 e. The minimum absolute atomic E-state index is 0.00639. The fourth-order valence-corrected chi connectivity index (χ4v) is 1.20. The van der Waals surface area contributed by atoms with E-state index in [9.17, 15) is 13.6 Å². The van der Waals surface area contributed by atoms with Crippen LogP contribution in [0.1, 0.15) is 28.2 Å². The van der Waals surface area contributed by atoms with E-state index in [0.717, 1.165) is 6.07 Å². The van der Waals surface area contributed by atoms with Crippen LogP contribution < -0.4 is 11.5 Å². The number of nitrogens with zero attached hydrogens (tertiary/aromatic N) is 1. The lowest BCUT2D eigenvalue weighted by Gasteiger charge is -2.10. The van der Waals surface area contributed by atoms with Gasteiger partial charge in [-0.15, -0.1) is 0 Å². The summed E-state index contributed by atoms with van der Waals surface area (Å²) in [7, 11) is 1.17. The average molecular weight is 231 g/mol. The van der Waals surface area contributed by atoms with E-state index in [0.29, 0.717) is 0 Å². The second-order valence-corrected chi connectivity index (χ2v) is 2.95. The highest BCUT2D eigenvalue weighted by Gasteiger charge is 2.20. The van der Waals surface area contributed by atoms with Crippen molar-refractivity contribution in [3.8, 4) is 0 Å². The van der Waals surface area contributed by atoms with Crippen molar-refractivity contribution >= 4 is 11.7 Å². The van der Waals surface area contributed by atoms with E-state index in [4.69, 9.17) is 11.5 Å². The molecule has 0 saturated heterocycles. The Hall–Kier alpha value is -1.76. The van der Waals surface area contributed by atoms with Crippen LogP contribution in [0.4, 0.5) is 14.5 Å². The van der Waals surface area contributed by atoms with Crippen LogP contribution >= 0.6 is 0 Å². The van der Waals surface area contributed by atoms with Gasteiger partial charge in [-0.2, -0.15) is 0 Å². The molecule has 1 aromatic heterocycles. The number of hydrogen-bond donors (Lipinski definition) is 2. The molecule has 0 bridgehead atoms. The molecule has 1 aromatic rings. The molecule has 0 atom stereocenters. The average Bonchev–Trinajstić information content (AvgIpc) is 2.27. The predicted octanol–water partition coefficient (Wildman–Crippen LogP) is 0.847. The van der Waals surface area contributed by atoms with Gasteiger partial charge in [-0.1, -0.05) is 0 Å². The number of carbonyl (C=O) groups excluding carboxylic acids is 1. The third-order valence-electron chi connectivity index (χ3n) is 1.97. The third kappa shape index (κ3) is 2.25. The third-order valence-corrected chi connectivity index (χ3v) is 1.97.